The summed E-state index contributed by atoms with van der Waals surface area (Å²) in [6, 6.07) is 0. The predicted octanol–water partition coefficient (Wildman–Crippen LogP) is 1.25. The third kappa shape index (κ3) is 28.3. The molecule has 0 fully saturated rings. The molecular formula is C18H31FO9. The van der Waals surface area contributed by atoms with Crippen LogP contribution in [-0.4, -0.2) is 74.5 Å². The van der Waals surface area contributed by atoms with E-state index < -0.39 is 36.6 Å². The normalized spacial score (nSPS) is 10.8. The molecule has 2 unspecified atom stereocenters. The fourth-order valence-electron chi connectivity index (χ4n) is 0.701. The third-order valence-electron chi connectivity index (χ3n) is 2.52. The van der Waals surface area contributed by atoms with Gasteiger partial charge in [-0.2, -0.15) is 0 Å². The number of halogens is 1. The van der Waals surface area contributed by atoms with Gasteiger partial charge in [-0.15, -0.1) is 0 Å². The summed E-state index contributed by atoms with van der Waals surface area (Å²) in [6.07, 6.45) is -1.23. The molecule has 0 aromatic heterocycles. The van der Waals surface area contributed by atoms with Crippen molar-refractivity contribution in [2.75, 3.05) is 19.8 Å². The molecule has 0 aliphatic rings. The number of aliphatic hydroxyl groups excluding tert-OH is 3. The molecule has 28 heavy (non-hydrogen) atoms. The minimum atomic E-state index is -1.42. The molecular weight excluding hydrogens is 379 g/mol. The van der Waals surface area contributed by atoms with Crippen LogP contribution in [0.15, 0.2) is 36.5 Å². The standard InChI is InChI=1S/C6H13FO3.3C4H6O2/c7-6(4-10)5(3-9)1-2-8;3*1-3(2)4(5)6/h5-6,8-10H,1-4H2;3*1H2,2H3,(H,5,6). The zero-order valence-electron chi connectivity index (χ0n) is 16.4. The fraction of sp³-hybridized carbons (Fsp3) is 0.500. The Morgan fingerprint density at radius 3 is 1.11 bits per heavy atom. The summed E-state index contributed by atoms with van der Waals surface area (Å²) in [4.78, 5) is 28.8. The highest BCUT2D eigenvalue weighted by atomic mass is 19.1. The number of hydrogen-bond donors (Lipinski definition) is 6. The first kappa shape index (κ1) is 33.1. The molecule has 9 nitrogen and oxygen atoms in total. The van der Waals surface area contributed by atoms with Crippen LogP contribution in [0, 0.1) is 5.92 Å². The largest absolute Gasteiger partial charge is 0.478 e. The highest BCUT2D eigenvalue weighted by Gasteiger charge is 2.18. The van der Waals surface area contributed by atoms with E-state index in [-0.39, 0.29) is 36.4 Å². The SMILES string of the molecule is C=C(C)C(=O)O.C=C(C)C(=O)O.C=C(C)C(=O)O.OCCC(CO)C(F)CO. The molecule has 0 saturated carbocycles. The molecule has 0 aliphatic carbocycles. The summed E-state index contributed by atoms with van der Waals surface area (Å²) in [5.41, 5.74) is 0.528. The second-order valence-corrected chi connectivity index (χ2v) is 5.41. The first-order valence-corrected chi connectivity index (χ1v) is 7.82. The second kappa shape index (κ2) is 20.7. The zero-order chi connectivity index (χ0) is 23.4. The quantitative estimate of drug-likeness (QED) is 0.322. The first-order valence-electron chi connectivity index (χ1n) is 7.82. The Bertz CT molecular complexity index is 422. The van der Waals surface area contributed by atoms with Crippen molar-refractivity contribution in [2.45, 2.75) is 33.4 Å². The van der Waals surface area contributed by atoms with Crippen molar-refractivity contribution >= 4 is 17.9 Å². The monoisotopic (exact) mass is 410 g/mol. The second-order valence-electron chi connectivity index (χ2n) is 5.41. The van der Waals surface area contributed by atoms with E-state index in [0.717, 1.165) is 0 Å². The molecule has 0 saturated heterocycles. The van der Waals surface area contributed by atoms with E-state index in [0.29, 0.717) is 0 Å². The van der Waals surface area contributed by atoms with E-state index in [1.807, 2.05) is 0 Å². The maximum absolute atomic E-state index is 12.5. The molecule has 164 valence electrons. The van der Waals surface area contributed by atoms with Gasteiger partial charge in [0.05, 0.1) is 6.61 Å². The van der Waals surface area contributed by atoms with Crippen LogP contribution in [0.5, 0.6) is 0 Å². The average Bonchev–Trinajstić information content (AvgIpc) is 2.60. The zero-order valence-corrected chi connectivity index (χ0v) is 16.4. The number of carbonyl (C=O) groups is 3. The van der Waals surface area contributed by atoms with E-state index in [9.17, 15) is 18.8 Å². The topological polar surface area (TPSA) is 173 Å². The smallest absolute Gasteiger partial charge is 0.330 e. The molecule has 0 radical (unpaired) electrons. The van der Waals surface area contributed by atoms with Crippen LogP contribution in [-0.2, 0) is 14.4 Å². The van der Waals surface area contributed by atoms with Crippen LogP contribution >= 0.6 is 0 Å². The van der Waals surface area contributed by atoms with Crippen molar-refractivity contribution in [3.63, 3.8) is 0 Å². The Morgan fingerprint density at radius 2 is 1.00 bits per heavy atom. The van der Waals surface area contributed by atoms with Gasteiger partial charge in [-0.1, -0.05) is 19.7 Å². The first-order chi connectivity index (χ1) is 12.7. The summed E-state index contributed by atoms with van der Waals surface area (Å²) in [7, 11) is 0. The highest BCUT2D eigenvalue weighted by Crippen LogP contribution is 2.10. The minimum absolute atomic E-state index is 0.161. The number of alkyl halides is 1. The lowest BCUT2D eigenvalue weighted by molar-refractivity contribution is -0.133. The van der Waals surface area contributed by atoms with E-state index in [1.54, 1.807) is 0 Å². The van der Waals surface area contributed by atoms with Gasteiger partial charge in [-0.25, -0.2) is 18.8 Å². The maximum atomic E-state index is 12.5. The van der Waals surface area contributed by atoms with Crippen LogP contribution in [0.3, 0.4) is 0 Å². The van der Waals surface area contributed by atoms with Crippen LogP contribution in [0.2, 0.25) is 0 Å². The summed E-state index contributed by atoms with van der Waals surface area (Å²) < 4.78 is 12.5. The van der Waals surface area contributed by atoms with Crippen molar-refractivity contribution in [1.82, 2.24) is 0 Å². The molecule has 0 aromatic carbocycles. The lowest BCUT2D eigenvalue weighted by atomic mass is 10.0. The van der Waals surface area contributed by atoms with E-state index >= 15 is 0 Å². The maximum Gasteiger partial charge on any atom is 0.330 e. The summed E-state index contributed by atoms with van der Waals surface area (Å²) in [5, 5.41) is 48.8. The third-order valence-corrected chi connectivity index (χ3v) is 2.52. The number of carboxylic acid groups (broad SMARTS) is 3. The summed E-state index contributed by atoms with van der Waals surface area (Å²) in [6.45, 7) is 12.7. The van der Waals surface area contributed by atoms with Gasteiger partial charge in [0.25, 0.3) is 0 Å². The van der Waals surface area contributed by atoms with Crippen LogP contribution in [0.25, 0.3) is 0 Å². The molecule has 0 heterocycles. The van der Waals surface area contributed by atoms with Gasteiger partial charge in [-0.05, 0) is 27.2 Å². The van der Waals surface area contributed by atoms with Crippen molar-refractivity contribution in [3.05, 3.63) is 36.5 Å². The van der Waals surface area contributed by atoms with Crippen molar-refractivity contribution in [1.29, 1.82) is 0 Å². The van der Waals surface area contributed by atoms with Crippen LogP contribution in [0.4, 0.5) is 4.39 Å². The molecule has 0 amide bonds. The number of rotatable bonds is 8. The van der Waals surface area contributed by atoms with E-state index in [4.69, 9.17) is 30.6 Å². The Balaban J connectivity index is -0.000000142. The molecule has 0 spiro atoms. The van der Waals surface area contributed by atoms with Crippen molar-refractivity contribution < 1.29 is 49.4 Å². The summed E-state index contributed by atoms with van der Waals surface area (Å²) >= 11 is 0. The van der Waals surface area contributed by atoms with Gasteiger partial charge in [0, 0.05) is 35.9 Å². The predicted molar refractivity (Wildman–Crippen MR) is 102 cm³/mol. The average molecular weight is 410 g/mol. The van der Waals surface area contributed by atoms with Crippen LogP contribution in [0.1, 0.15) is 27.2 Å². The van der Waals surface area contributed by atoms with Gasteiger partial charge in [0.1, 0.15) is 6.17 Å². The van der Waals surface area contributed by atoms with Crippen molar-refractivity contribution in [3.8, 4) is 0 Å². The lowest BCUT2D eigenvalue weighted by Gasteiger charge is -2.14. The van der Waals surface area contributed by atoms with E-state index in [2.05, 4.69) is 19.7 Å². The summed E-state index contributed by atoms with van der Waals surface area (Å²) in [5.74, 6) is -3.44. The van der Waals surface area contributed by atoms with Gasteiger partial charge < -0.3 is 30.6 Å². The van der Waals surface area contributed by atoms with Gasteiger partial charge in [0.15, 0.2) is 0 Å². The van der Waals surface area contributed by atoms with Gasteiger partial charge in [0.2, 0.25) is 0 Å². The molecule has 2 atom stereocenters. The Morgan fingerprint density at radius 1 is 0.750 bits per heavy atom. The van der Waals surface area contributed by atoms with Crippen LogP contribution < -0.4 is 0 Å². The molecule has 0 aliphatic heterocycles. The molecule has 10 heteroatoms. The number of aliphatic hydroxyl groups is 3. The minimum Gasteiger partial charge on any atom is -0.478 e. The van der Waals surface area contributed by atoms with Gasteiger partial charge in [-0.3, -0.25) is 0 Å². The van der Waals surface area contributed by atoms with Gasteiger partial charge >= 0.3 is 17.9 Å². The Kier molecular flexibility index (Phi) is 24.5. The molecule has 0 aromatic rings. The fourth-order valence-corrected chi connectivity index (χ4v) is 0.701. The molecule has 0 rings (SSSR count). The Hall–Kier alpha value is -2.56. The molecule has 0 bridgehead atoms. The number of aliphatic carboxylic acids is 3. The number of hydrogen-bond acceptors (Lipinski definition) is 6. The van der Waals surface area contributed by atoms with Crippen molar-refractivity contribution in [2.24, 2.45) is 5.92 Å². The highest BCUT2D eigenvalue weighted by molar-refractivity contribution is 5.85. The molecule has 6 N–H and O–H groups in total. The van der Waals surface area contributed by atoms with E-state index in [1.165, 1.54) is 20.8 Å². The Labute approximate surface area is 163 Å². The number of carboxylic acids is 3. The lowest BCUT2D eigenvalue weighted by Crippen LogP contribution is -2.24.